The maximum absolute atomic E-state index is 11.5. The highest BCUT2D eigenvalue weighted by molar-refractivity contribution is 5.67. The van der Waals surface area contributed by atoms with Crippen molar-refractivity contribution in [2.75, 3.05) is 13.1 Å². The molecule has 1 fully saturated rings. The molecular weight excluding hydrogens is 236 g/mol. The Hall–Kier alpha value is -0.850. The number of hydrogen-bond donors (Lipinski definition) is 2. The Balaban J connectivity index is 2.41. The van der Waals surface area contributed by atoms with Gasteiger partial charge in [0.05, 0.1) is 0 Å². The molecule has 0 aromatic carbocycles. The molecule has 0 radical (unpaired) electrons. The van der Waals surface area contributed by atoms with Gasteiger partial charge in [0.25, 0.3) is 0 Å². The molecule has 3 N–H and O–H groups in total. The van der Waals surface area contributed by atoms with Gasteiger partial charge >= 0.3 is 6.09 Å². The van der Waals surface area contributed by atoms with Crippen LogP contribution in [0.3, 0.4) is 0 Å². The van der Waals surface area contributed by atoms with Crippen molar-refractivity contribution in [2.24, 2.45) is 5.73 Å². The summed E-state index contributed by atoms with van der Waals surface area (Å²) in [5.41, 5.74) is 5.09. The summed E-state index contributed by atoms with van der Waals surface area (Å²) in [6.07, 6.45) is -0.931. The fourth-order valence-corrected chi connectivity index (χ4v) is 1.78. The van der Waals surface area contributed by atoms with E-state index in [1.807, 2.05) is 34.6 Å². The molecule has 0 aromatic heterocycles. The first-order valence-electron chi connectivity index (χ1n) is 6.15. The lowest BCUT2D eigenvalue weighted by Gasteiger charge is -2.21. The molecule has 0 aliphatic carbocycles. The summed E-state index contributed by atoms with van der Waals surface area (Å²) < 4.78 is 16.4. The third kappa shape index (κ3) is 4.80. The summed E-state index contributed by atoms with van der Waals surface area (Å²) in [7, 11) is 0. The number of alkyl carbamates (subject to hydrolysis) is 1. The van der Waals surface area contributed by atoms with Gasteiger partial charge in [-0.2, -0.15) is 0 Å². The third-order valence-electron chi connectivity index (χ3n) is 2.36. The van der Waals surface area contributed by atoms with E-state index in [2.05, 4.69) is 5.32 Å². The Labute approximate surface area is 108 Å². The van der Waals surface area contributed by atoms with E-state index >= 15 is 0 Å². The molecule has 2 atom stereocenters. The Morgan fingerprint density at radius 1 is 1.33 bits per heavy atom. The summed E-state index contributed by atoms with van der Waals surface area (Å²) >= 11 is 0. The van der Waals surface area contributed by atoms with E-state index < -0.39 is 17.5 Å². The highest BCUT2D eigenvalue weighted by Crippen LogP contribution is 2.27. The fourth-order valence-electron chi connectivity index (χ4n) is 1.78. The number of amides is 1. The molecule has 1 aliphatic heterocycles. The standard InChI is InChI=1S/C12H24N2O4/c1-11(2,3)18-10(15)14-7-9-8(6-13)16-12(4,5)17-9/h8-9H,6-7,13H2,1-5H3,(H,14,15). The highest BCUT2D eigenvalue weighted by Gasteiger charge is 2.40. The van der Waals surface area contributed by atoms with E-state index in [-0.39, 0.29) is 12.2 Å². The number of ether oxygens (including phenoxy) is 3. The van der Waals surface area contributed by atoms with Crippen molar-refractivity contribution in [1.82, 2.24) is 5.32 Å². The van der Waals surface area contributed by atoms with E-state index in [0.29, 0.717) is 13.1 Å². The molecule has 1 saturated heterocycles. The maximum atomic E-state index is 11.5. The molecule has 106 valence electrons. The van der Waals surface area contributed by atoms with Gasteiger partial charge in [-0.05, 0) is 34.6 Å². The van der Waals surface area contributed by atoms with Crippen molar-refractivity contribution < 1.29 is 19.0 Å². The zero-order chi connectivity index (χ0) is 14.0. The maximum Gasteiger partial charge on any atom is 0.407 e. The smallest absolute Gasteiger partial charge is 0.407 e. The Kier molecular flexibility index (Phi) is 4.58. The van der Waals surface area contributed by atoms with Crippen molar-refractivity contribution in [2.45, 2.75) is 58.2 Å². The molecule has 0 spiro atoms. The SMILES string of the molecule is CC(C)(C)OC(=O)NCC1OC(C)(C)OC1CN. The summed E-state index contributed by atoms with van der Waals surface area (Å²) in [4.78, 5) is 11.5. The summed E-state index contributed by atoms with van der Waals surface area (Å²) in [5, 5.41) is 2.66. The van der Waals surface area contributed by atoms with Crippen molar-refractivity contribution >= 4 is 6.09 Å². The predicted molar refractivity (Wildman–Crippen MR) is 67.1 cm³/mol. The Morgan fingerprint density at radius 2 is 1.89 bits per heavy atom. The number of carbonyl (C=O) groups is 1. The normalized spacial score (nSPS) is 27.0. The van der Waals surface area contributed by atoms with Gasteiger partial charge < -0.3 is 25.3 Å². The lowest BCUT2D eigenvalue weighted by atomic mass is 10.2. The largest absolute Gasteiger partial charge is 0.444 e. The zero-order valence-corrected chi connectivity index (χ0v) is 11.8. The van der Waals surface area contributed by atoms with Crippen molar-refractivity contribution in [3.05, 3.63) is 0 Å². The van der Waals surface area contributed by atoms with Crippen LogP contribution in [0.5, 0.6) is 0 Å². The molecular formula is C12H24N2O4. The van der Waals surface area contributed by atoms with Gasteiger partial charge in [0.1, 0.15) is 17.8 Å². The molecule has 0 saturated carbocycles. The minimum atomic E-state index is -0.662. The molecule has 0 bridgehead atoms. The molecule has 6 heteroatoms. The van der Waals surface area contributed by atoms with Crippen LogP contribution in [0, 0.1) is 0 Å². The van der Waals surface area contributed by atoms with Crippen molar-refractivity contribution in [3.8, 4) is 0 Å². The number of carbonyl (C=O) groups excluding carboxylic acids is 1. The van der Waals surface area contributed by atoms with Crippen LogP contribution in [0.1, 0.15) is 34.6 Å². The van der Waals surface area contributed by atoms with Crippen LogP contribution in [0.4, 0.5) is 4.79 Å². The minimum absolute atomic E-state index is 0.213. The quantitative estimate of drug-likeness (QED) is 0.790. The molecule has 1 rings (SSSR count). The molecule has 1 amide bonds. The number of rotatable bonds is 3. The average molecular weight is 260 g/mol. The molecule has 2 unspecified atom stereocenters. The molecule has 1 aliphatic rings. The lowest BCUT2D eigenvalue weighted by Crippen LogP contribution is -2.42. The van der Waals surface area contributed by atoms with Crippen LogP contribution in [-0.2, 0) is 14.2 Å². The van der Waals surface area contributed by atoms with Gasteiger partial charge in [0, 0.05) is 13.1 Å². The second-order valence-corrected chi connectivity index (χ2v) is 5.83. The highest BCUT2D eigenvalue weighted by atomic mass is 16.8. The minimum Gasteiger partial charge on any atom is -0.444 e. The number of nitrogens with two attached hydrogens (primary N) is 1. The van der Waals surface area contributed by atoms with Crippen LogP contribution < -0.4 is 11.1 Å². The van der Waals surface area contributed by atoms with E-state index in [0.717, 1.165) is 0 Å². The number of hydrogen-bond acceptors (Lipinski definition) is 5. The molecule has 0 aromatic rings. The van der Waals surface area contributed by atoms with Gasteiger partial charge in [-0.1, -0.05) is 0 Å². The summed E-state index contributed by atoms with van der Waals surface area (Å²) in [5.74, 6) is -0.662. The first-order chi connectivity index (χ1) is 8.13. The first kappa shape index (κ1) is 15.2. The Morgan fingerprint density at radius 3 is 2.39 bits per heavy atom. The third-order valence-corrected chi connectivity index (χ3v) is 2.36. The average Bonchev–Trinajstić information content (AvgIpc) is 2.47. The van der Waals surface area contributed by atoms with Gasteiger partial charge in [-0.25, -0.2) is 4.79 Å². The second kappa shape index (κ2) is 5.42. The van der Waals surface area contributed by atoms with Gasteiger partial charge in [0.15, 0.2) is 5.79 Å². The summed E-state index contributed by atoms with van der Waals surface area (Å²) in [6.45, 7) is 9.76. The monoisotopic (exact) mass is 260 g/mol. The van der Waals surface area contributed by atoms with Gasteiger partial charge in [-0.3, -0.25) is 0 Å². The van der Waals surface area contributed by atoms with Crippen LogP contribution in [0.25, 0.3) is 0 Å². The van der Waals surface area contributed by atoms with Crippen LogP contribution in [-0.4, -0.2) is 42.8 Å². The van der Waals surface area contributed by atoms with Crippen LogP contribution in [0.15, 0.2) is 0 Å². The zero-order valence-electron chi connectivity index (χ0n) is 11.8. The lowest BCUT2D eigenvalue weighted by molar-refractivity contribution is -0.145. The fraction of sp³-hybridized carbons (Fsp3) is 0.917. The van der Waals surface area contributed by atoms with Gasteiger partial charge in [0.2, 0.25) is 0 Å². The van der Waals surface area contributed by atoms with Gasteiger partial charge in [-0.15, -0.1) is 0 Å². The topological polar surface area (TPSA) is 82.8 Å². The molecule has 18 heavy (non-hydrogen) atoms. The number of nitrogens with one attached hydrogen (secondary N) is 1. The molecule has 6 nitrogen and oxygen atoms in total. The first-order valence-corrected chi connectivity index (χ1v) is 6.15. The second-order valence-electron chi connectivity index (χ2n) is 5.83. The predicted octanol–water partition coefficient (Wildman–Crippen LogP) is 0.990. The van der Waals surface area contributed by atoms with Crippen molar-refractivity contribution in [3.63, 3.8) is 0 Å². The van der Waals surface area contributed by atoms with E-state index in [1.165, 1.54) is 0 Å². The van der Waals surface area contributed by atoms with Crippen molar-refractivity contribution in [1.29, 1.82) is 0 Å². The van der Waals surface area contributed by atoms with E-state index in [1.54, 1.807) is 0 Å². The van der Waals surface area contributed by atoms with E-state index in [4.69, 9.17) is 19.9 Å². The van der Waals surface area contributed by atoms with Crippen LogP contribution in [0.2, 0.25) is 0 Å². The molecule has 1 heterocycles. The Bertz CT molecular complexity index is 299. The van der Waals surface area contributed by atoms with Crippen LogP contribution >= 0.6 is 0 Å². The summed E-state index contributed by atoms with van der Waals surface area (Å²) in [6, 6.07) is 0. The van der Waals surface area contributed by atoms with E-state index in [9.17, 15) is 4.79 Å².